The van der Waals surface area contributed by atoms with Gasteiger partial charge in [-0.25, -0.2) is 4.79 Å². The van der Waals surface area contributed by atoms with Gasteiger partial charge in [0.2, 0.25) is 0 Å². The fourth-order valence-corrected chi connectivity index (χ4v) is 4.02. The average molecular weight is 427 g/mol. The van der Waals surface area contributed by atoms with Gasteiger partial charge in [0, 0.05) is 42.3 Å². The molecule has 1 amide bonds. The topological polar surface area (TPSA) is 34.5 Å². The standard InChI is InChI=1S/C28H30N2O2/c1-5-29(6-2)28(31)32-26-16-15-25-24(27(26)23-13-9-21(4)10-14-23)17-18-30(25)19-22-11-7-20(3)8-12-22/h7-18H,5-6,19H2,1-4H3. The van der Waals surface area contributed by atoms with Crippen LogP contribution in [0.5, 0.6) is 5.75 Å². The molecule has 4 rings (SSSR count). The van der Waals surface area contributed by atoms with E-state index in [-0.39, 0.29) is 6.09 Å². The number of rotatable bonds is 6. The summed E-state index contributed by atoms with van der Waals surface area (Å²) >= 11 is 0. The van der Waals surface area contributed by atoms with Gasteiger partial charge in [-0.05, 0) is 57.0 Å². The van der Waals surface area contributed by atoms with E-state index in [0.717, 1.165) is 28.6 Å². The maximum Gasteiger partial charge on any atom is 0.415 e. The zero-order chi connectivity index (χ0) is 22.7. The van der Waals surface area contributed by atoms with Crippen LogP contribution in [0.3, 0.4) is 0 Å². The number of ether oxygens (including phenoxy) is 1. The Morgan fingerprint density at radius 2 is 1.47 bits per heavy atom. The summed E-state index contributed by atoms with van der Waals surface area (Å²) in [5.41, 5.74) is 6.81. The molecule has 0 unspecified atom stereocenters. The van der Waals surface area contributed by atoms with Gasteiger partial charge >= 0.3 is 6.09 Å². The van der Waals surface area contributed by atoms with Gasteiger partial charge in [0.15, 0.2) is 0 Å². The minimum atomic E-state index is -0.318. The minimum Gasteiger partial charge on any atom is -0.410 e. The maximum absolute atomic E-state index is 12.7. The Morgan fingerprint density at radius 3 is 2.09 bits per heavy atom. The number of hydrogen-bond acceptors (Lipinski definition) is 2. The molecule has 1 aromatic heterocycles. The monoisotopic (exact) mass is 426 g/mol. The van der Waals surface area contributed by atoms with Crippen LogP contribution in [0.25, 0.3) is 22.0 Å². The lowest BCUT2D eigenvalue weighted by Crippen LogP contribution is -2.33. The molecular formula is C28H30N2O2. The highest BCUT2D eigenvalue weighted by Crippen LogP contribution is 2.38. The van der Waals surface area contributed by atoms with Gasteiger partial charge in [-0.2, -0.15) is 0 Å². The summed E-state index contributed by atoms with van der Waals surface area (Å²) in [6.07, 6.45) is 1.79. The summed E-state index contributed by atoms with van der Waals surface area (Å²) in [6.45, 7) is 10.1. The fourth-order valence-electron chi connectivity index (χ4n) is 4.02. The van der Waals surface area contributed by atoms with Gasteiger partial charge in [-0.1, -0.05) is 59.7 Å². The quantitative estimate of drug-likeness (QED) is 0.339. The van der Waals surface area contributed by atoms with Crippen molar-refractivity contribution in [1.82, 2.24) is 9.47 Å². The molecule has 32 heavy (non-hydrogen) atoms. The first kappa shape index (κ1) is 21.7. The van der Waals surface area contributed by atoms with E-state index >= 15 is 0 Å². The summed E-state index contributed by atoms with van der Waals surface area (Å²) in [5.74, 6) is 0.589. The highest BCUT2D eigenvalue weighted by molar-refractivity contribution is 5.99. The average Bonchev–Trinajstić information content (AvgIpc) is 3.19. The Kier molecular flexibility index (Phi) is 6.31. The van der Waals surface area contributed by atoms with Crippen LogP contribution in [-0.2, 0) is 6.54 Å². The first-order valence-electron chi connectivity index (χ1n) is 11.2. The van der Waals surface area contributed by atoms with Crippen LogP contribution in [0.2, 0.25) is 0 Å². The van der Waals surface area contributed by atoms with Crippen molar-refractivity contribution in [2.75, 3.05) is 13.1 Å². The predicted octanol–water partition coefficient (Wildman–Crippen LogP) is 6.81. The number of hydrogen-bond donors (Lipinski definition) is 0. The van der Waals surface area contributed by atoms with Gasteiger partial charge < -0.3 is 14.2 Å². The first-order valence-corrected chi connectivity index (χ1v) is 11.2. The number of amides is 1. The molecule has 0 aliphatic rings. The molecule has 1 heterocycles. The molecule has 0 aliphatic heterocycles. The van der Waals surface area contributed by atoms with Crippen LogP contribution in [0.15, 0.2) is 72.9 Å². The number of carbonyl (C=O) groups excluding carboxylic acids is 1. The largest absolute Gasteiger partial charge is 0.415 e. The molecule has 0 radical (unpaired) electrons. The van der Waals surface area contributed by atoms with Gasteiger partial charge in [0.1, 0.15) is 5.75 Å². The number of fused-ring (bicyclic) bond motifs is 1. The molecule has 0 spiro atoms. The number of nitrogens with zero attached hydrogens (tertiary/aromatic N) is 2. The summed E-state index contributed by atoms with van der Waals surface area (Å²) in [6, 6.07) is 23.1. The van der Waals surface area contributed by atoms with E-state index in [9.17, 15) is 4.79 Å². The number of benzene rings is 3. The van der Waals surface area contributed by atoms with Gasteiger partial charge in [0.05, 0.1) is 0 Å². The molecule has 0 N–H and O–H groups in total. The van der Waals surface area contributed by atoms with Crippen LogP contribution in [-0.4, -0.2) is 28.6 Å². The van der Waals surface area contributed by atoms with E-state index in [4.69, 9.17) is 4.74 Å². The Morgan fingerprint density at radius 1 is 0.844 bits per heavy atom. The van der Waals surface area contributed by atoms with Crippen molar-refractivity contribution in [3.8, 4) is 16.9 Å². The lowest BCUT2D eigenvalue weighted by molar-refractivity contribution is 0.157. The Balaban J connectivity index is 1.79. The van der Waals surface area contributed by atoms with Crippen LogP contribution in [0, 0.1) is 13.8 Å². The molecule has 0 atom stereocenters. The van der Waals surface area contributed by atoms with Crippen LogP contribution in [0.1, 0.15) is 30.5 Å². The zero-order valence-corrected chi connectivity index (χ0v) is 19.3. The SMILES string of the molecule is CCN(CC)C(=O)Oc1ccc2c(ccn2Cc2ccc(C)cc2)c1-c1ccc(C)cc1. The number of aromatic nitrogens is 1. The van der Waals surface area contributed by atoms with E-state index in [2.05, 4.69) is 79.2 Å². The molecule has 0 bridgehead atoms. The Labute approximate surface area is 190 Å². The lowest BCUT2D eigenvalue weighted by atomic mass is 9.99. The van der Waals surface area contributed by atoms with Crippen molar-refractivity contribution < 1.29 is 9.53 Å². The minimum absolute atomic E-state index is 0.318. The van der Waals surface area contributed by atoms with Crippen molar-refractivity contribution in [3.63, 3.8) is 0 Å². The third kappa shape index (κ3) is 4.40. The van der Waals surface area contributed by atoms with Crippen molar-refractivity contribution in [3.05, 3.63) is 89.6 Å². The van der Waals surface area contributed by atoms with Crippen molar-refractivity contribution in [1.29, 1.82) is 0 Å². The summed E-state index contributed by atoms with van der Waals surface area (Å²) in [7, 11) is 0. The number of aryl methyl sites for hydroxylation is 2. The molecule has 4 nitrogen and oxygen atoms in total. The second-order valence-corrected chi connectivity index (χ2v) is 8.21. The molecule has 3 aromatic carbocycles. The molecule has 0 fully saturated rings. The summed E-state index contributed by atoms with van der Waals surface area (Å²) in [4.78, 5) is 14.4. The summed E-state index contributed by atoms with van der Waals surface area (Å²) < 4.78 is 8.14. The van der Waals surface area contributed by atoms with E-state index < -0.39 is 0 Å². The van der Waals surface area contributed by atoms with Crippen LogP contribution in [0.4, 0.5) is 4.79 Å². The zero-order valence-electron chi connectivity index (χ0n) is 19.3. The Bertz CT molecular complexity index is 1220. The molecule has 0 aliphatic carbocycles. The smallest absolute Gasteiger partial charge is 0.410 e. The predicted molar refractivity (Wildman–Crippen MR) is 131 cm³/mol. The lowest BCUT2D eigenvalue weighted by Gasteiger charge is -2.20. The molecule has 164 valence electrons. The second-order valence-electron chi connectivity index (χ2n) is 8.21. The van der Waals surface area contributed by atoms with Gasteiger partial charge in [-0.15, -0.1) is 0 Å². The normalized spacial score (nSPS) is 11.0. The van der Waals surface area contributed by atoms with Gasteiger partial charge in [0.25, 0.3) is 0 Å². The molecule has 4 heteroatoms. The van der Waals surface area contributed by atoms with Crippen molar-refractivity contribution in [2.24, 2.45) is 0 Å². The number of carbonyl (C=O) groups is 1. The van der Waals surface area contributed by atoms with Crippen LogP contribution < -0.4 is 4.74 Å². The first-order chi connectivity index (χ1) is 15.5. The van der Waals surface area contributed by atoms with Crippen molar-refractivity contribution in [2.45, 2.75) is 34.2 Å². The molecule has 0 saturated carbocycles. The second kappa shape index (κ2) is 9.31. The Hall–Kier alpha value is -3.53. The fraction of sp³-hybridized carbons (Fsp3) is 0.250. The van der Waals surface area contributed by atoms with Crippen LogP contribution >= 0.6 is 0 Å². The molecular weight excluding hydrogens is 396 g/mol. The van der Waals surface area contributed by atoms with Gasteiger partial charge in [-0.3, -0.25) is 0 Å². The summed E-state index contributed by atoms with van der Waals surface area (Å²) in [5, 5.41) is 1.07. The highest BCUT2D eigenvalue weighted by atomic mass is 16.6. The third-order valence-electron chi connectivity index (χ3n) is 5.95. The highest BCUT2D eigenvalue weighted by Gasteiger charge is 2.19. The molecule has 0 saturated heterocycles. The van der Waals surface area contributed by atoms with E-state index in [1.165, 1.54) is 16.7 Å². The van der Waals surface area contributed by atoms with Crippen molar-refractivity contribution >= 4 is 17.0 Å². The molecule has 4 aromatic rings. The van der Waals surface area contributed by atoms with E-state index in [1.54, 1.807) is 4.90 Å². The maximum atomic E-state index is 12.7. The third-order valence-corrected chi connectivity index (χ3v) is 5.95. The van der Waals surface area contributed by atoms with E-state index in [1.807, 2.05) is 26.0 Å². The van der Waals surface area contributed by atoms with E-state index in [0.29, 0.717) is 18.8 Å².